The maximum Gasteiger partial charge on any atom is 0.243 e. The van der Waals surface area contributed by atoms with Crippen LogP contribution >= 0.6 is 11.6 Å². The first-order chi connectivity index (χ1) is 13.8. The van der Waals surface area contributed by atoms with Gasteiger partial charge in [0.25, 0.3) is 0 Å². The molecule has 7 heteroatoms. The molecule has 4 aliphatic carbocycles. The van der Waals surface area contributed by atoms with Crippen LogP contribution in [0.25, 0.3) is 0 Å². The lowest BCUT2D eigenvalue weighted by Gasteiger charge is -2.55. The van der Waals surface area contributed by atoms with E-state index in [4.69, 9.17) is 11.6 Å². The average Bonchev–Trinajstić information content (AvgIpc) is 3.15. The summed E-state index contributed by atoms with van der Waals surface area (Å²) in [6.45, 7) is 1.54. The Morgan fingerprint density at radius 1 is 1.07 bits per heavy atom. The van der Waals surface area contributed by atoms with E-state index < -0.39 is 10.0 Å². The van der Waals surface area contributed by atoms with Crippen molar-refractivity contribution in [2.75, 3.05) is 19.6 Å². The maximum absolute atomic E-state index is 13.1. The summed E-state index contributed by atoms with van der Waals surface area (Å²) in [6.07, 6.45) is 7.95. The number of hydrogen-bond acceptors (Lipinski definition) is 3. The van der Waals surface area contributed by atoms with Crippen LogP contribution in [-0.4, -0.2) is 38.3 Å². The number of halogens is 1. The molecule has 4 saturated carbocycles. The van der Waals surface area contributed by atoms with Crippen LogP contribution in [0.1, 0.15) is 44.9 Å². The standard InChI is InChI=1S/C22H29ClN2O3S/c23-19-1-3-20(4-2-19)29(27,28)25-6-5-15(14-25)13-24-21(26)22-10-16-7-17(11-22)9-18(8-16)12-22/h1-4,15-18H,5-14H2,(H,24,26)/t15?,16-,17+,18?,22?. The van der Waals surface area contributed by atoms with Gasteiger partial charge in [-0.15, -0.1) is 0 Å². The number of nitrogens with one attached hydrogen (secondary N) is 1. The average molecular weight is 437 g/mol. The summed E-state index contributed by atoms with van der Waals surface area (Å²) in [7, 11) is -3.50. The van der Waals surface area contributed by atoms with E-state index in [1.165, 1.54) is 23.6 Å². The molecule has 5 nitrogen and oxygen atoms in total. The minimum absolute atomic E-state index is 0.136. The van der Waals surface area contributed by atoms with Crippen molar-refractivity contribution < 1.29 is 13.2 Å². The molecule has 1 N–H and O–H groups in total. The van der Waals surface area contributed by atoms with Gasteiger partial charge in [-0.1, -0.05) is 11.6 Å². The van der Waals surface area contributed by atoms with Gasteiger partial charge in [-0.3, -0.25) is 4.79 Å². The molecule has 158 valence electrons. The number of carbonyl (C=O) groups is 1. The van der Waals surface area contributed by atoms with Gasteiger partial charge in [0.05, 0.1) is 4.90 Å². The van der Waals surface area contributed by atoms with Crippen LogP contribution in [-0.2, 0) is 14.8 Å². The Labute approximate surface area is 178 Å². The Bertz CT molecular complexity index is 864. The molecule has 0 spiro atoms. The lowest BCUT2D eigenvalue weighted by molar-refractivity contribution is -0.146. The van der Waals surface area contributed by atoms with Crippen LogP contribution in [0.15, 0.2) is 29.2 Å². The zero-order valence-electron chi connectivity index (χ0n) is 16.6. The molecule has 5 aliphatic rings. The predicted molar refractivity (Wildman–Crippen MR) is 112 cm³/mol. The van der Waals surface area contributed by atoms with E-state index in [1.54, 1.807) is 24.3 Å². The lowest BCUT2D eigenvalue weighted by atomic mass is 9.49. The smallest absolute Gasteiger partial charge is 0.243 e. The van der Waals surface area contributed by atoms with Crippen LogP contribution < -0.4 is 5.32 Å². The molecule has 29 heavy (non-hydrogen) atoms. The molecular weight excluding hydrogens is 408 g/mol. The van der Waals surface area contributed by atoms with E-state index in [0.29, 0.717) is 24.7 Å². The number of hydrogen-bond donors (Lipinski definition) is 1. The van der Waals surface area contributed by atoms with E-state index in [1.807, 2.05) is 0 Å². The van der Waals surface area contributed by atoms with Crippen molar-refractivity contribution in [2.45, 2.75) is 49.8 Å². The van der Waals surface area contributed by atoms with Gasteiger partial charge in [-0.2, -0.15) is 4.31 Å². The third-order valence-electron chi connectivity index (χ3n) is 7.77. The van der Waals surface area contributed by atoms with Gasteiger partial charge in [0.1, 0.15) is 0 Å². The van der Waals surface area contributed by atoms with Gasteiger partial charge in [-0.25, -0.2) is 8.42 Å². The first-order valence-corrected chi connectivity index (χ1v) is 12.7. The topological polar surface area (TPSA) is 66.5 Å². The molecular formula is C22H29ClN2O3S. The van der Waals surface area contributed by atoms with Crippen molar-refractivity contribution in [2.24, 2.45) is 29.1 Å². The van der Waals surface area contributed by atoms with Gasteiger partial charge >= 0.3 is 0 Å². The van der Waals surface area contributed by atoms with Crippen molar-refractivity contribution in [1.82, 2.24) is 9.62 Å². The Morgan fingerprint density at radius 3 is 2.24 bits per heavy atom. The lowest BCUT2D eigenvalue weighted by Crippen LogP contribution is -2.54. The summed E-state index contributed by atoms with van der Waals surface area (Å²) in [6, 6.07) is 6.32. The van der Waals surface area contributed by atoms with Crippen molar-refractivity contribution in [3.05, 3.63) is 29.3 Å². The molecule has 1 atom stereocenters. The third kappa shape index (κ3) is 3.61. The van der Waals surface area contributed by atoms with E-state index in [9.17, 15) is 13.2 Å². The molecule has 1 aliphatic heterocycles. The zero-order chi connectivity index (χ0) is 20.2. The minimum atomic E-state index is -3.50. The highest BCUT2D eigenvalue weighted by molar-refractivity contribution is 7.89. The largest absolute Gasteiger partial charge is 0.355 e. The number of amides is 1. The Kier molecular flexibility index (Phi) is 4.95. The van der Waals surface area contributed by atoms with Crippen molar-refractivity contribution in [3.63, 3.8) is 0 Å². The summed E-state index contributed by atoms with van der Waals surface area (Å²) >= 11 is 5.88. The Balaban J connectivity index is 1.19. The number of nitrogens with zero attached hydrogens (tertiary/aromatic N) is 1. The Morgan fingerprint density at radius 2 is 1.66 bits per heavy atom. The molecule has 1 aromatic carbocycles. The number of sulfonamides is 1. The summed E-state index contributed by atoms with van der Waals surface area (Å²) in [5.41, 5.74) is -0.136. The van der Waals surface area contributed by atoms with Crippen LogP contribution in [0.2, 0.25) is 5.02 Å². The second kappa shape index (κ2) is 7.24. The second-order valence-electron chi connectivity index (χ2n) is 9.88. The molecule has 1 aromatic rings. The summed E-state index contributed by atoms with van der Waals surface area (Å²) in [5.74, 6) is 2.65. The van der Waals surface area contributed by atoms with E-state index in [2.05, 4.69) is 5.32 Å². The normalized spacial score (nSPS) is 36.4. The maximum atomic E-state index is 13.1. The van der Waals surface area contributed by atoms with Crippen molar-refractivity contribution in [3.8, 4) is 0 Å². The van der Waals surface area contributed by atoms with E-state index in [0.717, 1.165) is 43.4 Å². The van der Waals surface area contributed by atoms with Gasteiger partial charge in [0.15, 0.2) is 0 Å². The fraction of sp³-hybridized carbons (Fsp3) is 0.682. The highest BCUT2D eigenvalue weighted by atomic mass is 35.5. The van der Waals surface area contributed by atoms with Gasteiger partial charge in [-0.05, 0) is 92.9 Å². The second-order valence-corrected chi connectivity index (χ2v) is 12.3. The van der Waals surface area contributed by atoms with Gasteiger partial charge in [0, 0.05) is 30.1 Å². The Hall–Kier alpha value is -1.11. The number of carbonyl (C=O) groups excluding carboxylic acids is 1. The summed E-state index contributed by atoms with van der Waals surface area (Å²) in [4.78, 5) is 13.4. The SMILES string of the molecule is O=C(NCC1CCN(S(=O)(=O)c2ccc(Cl)cc2)C1)C12CC3C[C@H](C1)C[C@@H](C3)C2. The molecule has 1 heterocycles. The van der Waals surface area contributed by atoms with Crippen LogP contribution in [0, 0.1) is 29.1 Å². The molecule has 1 amide bonds. The fourth-order valence-corrected chi connectivity index (χ4v) is 8.41. The molecule has 1 unspecified atom stereocenters. The number of rotatable bonds is 5. The van der Waals surface area contributed by atoms with Crippen LogP contribution in [0.5, 0.6) is 0 Å². The quantitative estimate of drug-likeness (QED) is 0.765. The predicted octanol–water partition coefficient (Wildman–Crippen LogP) is 3.68. The van der Waals surface area contributed by atoms with Crippen molar-refractivity contribution in [1.29, 1.82) is 0 Å². The zero-order valence-corrected chi connectivity index (χ0v) is 18.2. The molecule has 0 aromatic heterocycles. The summed E-state index contributed by atoms with van der Waals surface area (Å²) in [5, 5.41) is 3.75. The molecule has 0 radical (unpaired) electrons. The molecule has 5 fully saturated rings. The van der Waals surface area contributed by atoms with Crippen LogP contribution in [0.4, 0.5) is 0 Å². The van der Waals surface area contributed by atoms with Crippen molar-refractivity contribution >= 4 is 27.5 Å². The minimum Gasteiger partial charge on any atom is -0.355 e. The fourth-order valence-electron chi connectivity index (χ4n) is 6.75. The molecule has 6 rings (SSSR count). The molecule has 4 bridgehead atoms. The van der Waals surface area contributed by atoms with Gasteiger partial charge in [0.2, 0.25) is 15.9 Å². The number of benzene rings is 1. The monoisotopic (exact) mass is 436 g/mol. The highest BCUT2D eigenvalue weighted by Crippen LogP contribution is 2.60. The highest BCUT2D eigenvalue weighted by Gasteiger charge is 2.54. The summed E-state index contributed by atoms with van der Waals surface area (Å²) < 4.78 is 27.2. The molecule has 1 saturated heterocycles. The first-order valence-electron chi connectivity index (χ1n) is 10.9. The first kappa shape index (κ1) is 19.8. The van der Waals surface area contributed by atoms with E-state index >= 15 is 0 Å². The van der Waals surface area contributed by atoms with E-state index in [-0.39, 0.29) is 22.1 Å². The third-order valence-corrected chi connectivity index (χ3v) is 9.90. The van der Waals surface area contributed by atoms with Crippen LogP contribution in [0.3, 0.4) is 0 Å². The van der Waals surface area contributed by atoms with Gasteiger partial charge < -0.3 is 5.32 Å².